The first-order valence-corrected chi connectivity index (χ1v) is 7.39. The van der Waals surface area contributed by atoms with Crippen LogP contribution in [0.2, 0.25) is 0 Å². The standard InChI is InChI=1S/C18H21NO2/c1-14(19-21)16-10-6-7-13-18(16,2)17(20)12-11-15-8-4-3-5-9-15/h3-5,8-9,11-12H,6-7,10,13H2,1-2H3/b12-11+,16-14-. The molecule has 0 bridgehead atoms. The van der Waals surface area contributed by atoms with Crippen LogP contribution < -0.4 is 0 Å². The van der Waals surface area contributed by atoms with Gasteiger partial charge in [0.1, 0.15) is 0 Å². The zero-order valence-electron chi connectivity index (χ0n) is 12.6. The molecule has 1 fully saturated rings. The first kappa shape index (κ1) is 15.4. The number of allylic oxidation sites excluding steroid dienone is 3. The van der Waals surface area contributed by atoms with Gasteiger partial charge in [0.25, 0.3) is 0 Å². The number of carbonyl (C=O) groups excluding carboxylic acids is 1. The van der Waals surface area contributed by atoms with Crippen molar-refractivity contribution in [2.75, 3.05) is 0 Å². The van der Waals surface area contributed by atoms with Crippen molar-refractivity contribution < 1.29 is 4.79 Å². The normalized spacial score (nSPS) is 24.9. The number of carbonyl (C=O) groups is 1. The Morgan fingerprint density at radius 2 is 1.95 bits per heavy atom. The average molecular weight is 283 g/mol. The molecule has 0 spiro atoms. The van der Waals surface area contributed by atoms with E-state index in [4.69, 9.17) is 0 Å². The summed E-state index contributed by atoms with van der Waals surface area (Å²) < 4.78 is 0. The Morgan fingerprint density at radius 1 is 1.24 bits per heavy atom. The van der Waals surface area contributed by atoms with Crippen LogP contribution in [0, 0.1) is 10.3 Å². The van der Waals surface area contributed by atoms with E-state index in [0.29, 0.717) is 5.70 Å². The van der Waals surface area contributed by atoms with Gasteiger partial charge in [0.2, 0.25) is 0 Å². The minimum atomic E-state index is -0.582. The molecule has 0 heterocycles. The number of rotatable bonds is 4. The van der Waals surface area contributed by atoms with Crippen molar-refractivity contribution in [3.8, 4) is 0 Å². The van der Waals surface area contributed by atoms with Crippen molar-refractivity contribution in [3.05, 3.63) is 58.1 Å². The van der Waals surface area contributed by atoms with Crippen LogP contribution in [0.25, 0.3) is 6.08 Å². The van der Waals surface area contributed by atoms with Crippen LogP contribution in [0.15, 0.2) is 52.9 Å². The van der Waals surface area contributed by atoms with Gasteiger partial charge in [-0.15, -0.1) is 4.91 Å². The summed E-state index contributed by atoms with van der Waals surface area (Å²) in [6.45, 7) is 3.65. The quantitative estimate of drug-likeness (QED) is 0.583. The van der Waals surface area contributed by atoms with E-state index in [1.165, 1.54) is 0 Å². The number of nitrogens with zero attached hydrogens (tertiary/aromatic N) is 1. The molecule has 3 nitrogen and oxygen atoms in total. The molecular weight excluding hydrogens is 262 g/mol. The van der Waals surface area contributed by atoms with Crippen LogP contribution in [0.5, 0.6) is 0 Å². The summed E-state index contributed by atoms with van der Waals surface area (Å²) in [6.07, 6.45) is 7.08. The molecule has 1 aromatic carbocycles. The summed E-state index contributed by atoms with van der Waals surface area (Å²) in [5.41, 5.74) is 1.80. The Hall–Kier alpha value is -2.03. The Balaban J connectivity index is 2.27. The lowest BCUT2D eigenvalue weighted by Gasteiger charge is -2.34. The van der Waals surface area contributed by atoms with E-state index in [-0.39, 0.29) is 5.78 Å². The molecule has 0 N–H and O–H groups in total. The van der Waals surface area contributed by atoms with Crippen LogP contribution in [-0.2, 0) is 4.79 Å². The molecule has 1 aliphatic carbocycles. The highest BCUT2D eigenvalue weighted by molar-refractivity contribution is 6.00. The van der Waals surface area contributed by atoms with Crippen LogP contribution in [-0.4, -0.2) is 5.78 Å². The zero-order valence-corrected chi connectivity index (χ0v) is 12.6. The van der Waals surface area contributed by atoms with Crippen LogP contribution in [0.1, 0.15) is 45.1 Å². The van der Waals surface area contributed by atoms with E-state index < -0.39 is 5.41 Å². The topological polar surface area (TPSA) is 46.5 Å². The Morgan fingerprint density at radius 3 is 2.62 bits per heavy atom. The molecule has 110 valence electrons. The summed E-state index contributed by atoms with van der Waals surface area (Å²) in [4.78, 5) is 23.5. The lowest BCUT2D eigenvalue weighted by molar-refractivity contribution is -0.122. The SMILES string of the molecule is C/C(N=O)=C1\CCCCC1(C)C(=O)/C=C/c1ccccc1. The van der Waals surface area contributed by atoms with Gasteiger partial charge in [-0.05, 0) is 55.5 Å². The molecule has 1 saturated carbocycles. The van der Waals surface area contributed by atoms with Gasteiger partial charge in [-0.25, -0.2) is 0 Å². The van der Waals surface area contributed by atoms with Crippen LogP contribution in [0.4, 0.5) is 0 Å². The van der Waals surface area contributed by atoms with Crippen molar-refractivity contribution in [2.45, 2.75) is 39.5 Å². The Bertz CT molecular complexity index is 586. The molecule has 0 aliphatic heterocycles. The molecule has 2 rings (SSSR count). The molecule has 0 amide bonds. The summed E-state index contributed by atoms with van der Waals surface area (Å²) >= 11 is 0. The van der Waals surface area contributed by atoms with E-state index in [1.54, 1.807) is 13.0 Å². The summed E-state index contributed by atoms with van der Waals surface area (Å²) in [6, 6.07) is 9.75. The van der Waals surface area contributed by atoms with Gasteiger partial charge < -0.3 is 0 Å². The monoisotopic (exact) mass is 283 g/mol. The van der Waals surface area contributed by atoms with Gasteiger partial charge in [0.15, 0.2) is 5.78 Å². The third-order valence-electron chi connectivity index (χ3n) is 4.36. The predicted octanol–water partition coefficient (Wildman–Crippen LogP) is 4.89. The Labute approximate surface area is 125 Å². The van der Waals surface area contributed by atoms with Crippen molar-refractivity contribution in [3.63, 3.8) is 0 Å². The second-order valence-electron chi connectivity index (χ2n) is 5.80. The van der Waals surface area contributed by atoms with E-state index in [1.807, 2.05) is 43.3 Å². The van der Waals surface area contributed by atoms with E-state index in [2.05, 4.69) is 5.18 Å². The van der Waals surface area contributed by atoms with E-state index in [9.17, 15) is 9.70 Å². The number of benzene rings is 1. The maximum Gasteiger partial charge on any atom is 0.165 e. The maximum absolute atomic E-state index is 12.7. The van der Waals surface area contributed by atoms with Gasteiger partial charge in [-0.1, -0.05) is 42.8 Å². The lowest BCUT2D eigenvalue weighted by Crippen LogP contribution is -2.32. The second kappa shape index (κ2) is 6.61. The predicted molar refractivity (Wildman–Crippen MR) is 85.6 cm³/mol. The number of hydrogen-bond donors (Lipinski definition) is 0. The molecule has 21 heavy (non-hydrogen) atoms. The molecular formula is C18H21NO2. The average Bonchev–Trinajstić information content (AvgIpc) is 2.53. The second-order valence-corrected chi connectivity index (χ2v) is 5.80. The fraction of sp³-hybridized carbons (Fsp3) is 0.389. The van der Waals surface area contributed by atoms with Crippen LogP contribution >= 0.6 is 0 Å². The molecule has 0 radical (unpaired) electrons. The van der Waals surface area contributed by atoms with E-state index >= 15 is 0 Å². The number of nitroso groups, excluding NO2 is 1. The van der Waals surface area contributed by atoms with E-state index in [0.717, 1.165) is 36.8 Å². The summed E-state index contributed by atoms with van der Waals surface area (Å²) in [7, 11) is 0. The largest absolute Gasteiger partial charge is 0.294 e. The molecule has 1 unspecified atom stereocenters. The van der Waals surface area contributed by atoms with Gasteiger partial charge in [0.05, 0.1) is 11.1 Å². The first-order chi connectivity index (χ1) is 10.1. The van der Waals surface area contributed by atoms with Crippen molar-refractivity contribution in [2.24, 2.45) is 10.6 Å². The summed E-state index contributed by atoms with van der Waals surface area (Å²) in [5.74, 6) is 0.0593. The molecule has 3 heteroatoms. The highest BCUT2D eigenvalue weighted by Gasteiger charge is 2.38. The third kappa shape index (κ3) is 3.35. The zero-order chi connectivity index (χ0) is 15.3. The van der Waals surface area contributed by atoms with Gasteiger partial charge in [-0.3, -0.25) is 4.79 Å². The molecule has 1 aliphatic rings. The minimum absolute atomic E-state index is 0.0593. The van der Waals surface area contributed by atoms with Gasteiger partial charge in [-0.2, -0.15) is 0 Å². The lowest BCUT2D eigenvalue weighted by atomic mass is 9.68. The fourth-order valence-corrected chi connectivity index (χ4v) is 3.03. The van der Waals surface area contributed by atoms with Gasteiger partial charge in [0, 0.05) is 0 Å². The Kier molecular flexibility index (Phi) is 4.84. The molecule has 1 atom stereocenters. The highest BCUT2D eigenvalue weighted by Crippen LogP contribution is 2.43. The molecule has 0 saturated heterocycles. The van der Waals surface area contributed by atoms with Crippen molar-refractivity contribution in [1.82, 2.24) is 0 Å². The number of hydrogen-bond acceptors (Lipinski definition) is 3. The smallest absolute Gasteiger partial charge is 0.165 e. The first-order valence-electron chi connectivity index (χ1n) is 7.39. The fourth-order valence-electron chi connectivity index (χ4n) is 3.03. The van der Waals surface area contributed by atoms with Crippen molar-refractivity contribution in [1.29, 1.82) is 0 Å². The molecule has 0 aromatic heterocycles. The van der Waals surface area contributed by atoms with Crippen LogP contribution in [0.3, 0.4) is 0 Å². The maximum atomic E-state index is 12.7. The molecule has 1 aromatic rings. The van der Waals surface area contributed by atoms with Gasteiger partial charge >= 0.3 is 0 Å². The highest BCUT2D eigenvalue weighted by atomic mass is 16.3. The number of ketones is 1. The third-order valence-corrected chi connectivity index (χ3v) is 4.36. The summed E-state index contributed by atoms with van der Waals surface area (Å²) in [5, 5.41) is 3.06. The van der Waals surface area contributed by atoms with Crippen molar-refractivity contribution >= 4 is 11.9 Å². The minimum Gasteiger partial charge on any atom is -0.294 e.